The van der Waals surface area contributed by atoms with Crippen molar-refractivity contribution < 1.29 is 29.7 Å². The number of aromatic amines is 1. The second-order valence-corrected chi connectivity index (χ2v) is 14.5. The fourth-order valence-electron chi connectivity index (χ4n) is 8.12. The number of carbonyl (C=O) groups is 3. The molecule has 0 saturated heterocycles. The topological polar surface area (TPSA) is 216 Å². The zero-order chi connectivity index (χ0) is 37.0. The fraction of sp³-hybridized carbons (Fsp3) is 0.500. The number of aromatic nitrogens is 1. The van der Waals surface area contributed by atoms with E-state index in [4.69, 9.17) is 11.5 Å². The van der Waals surface area contributed by atoms with Gasteiger partial charge in [0.1, 0.15) is 18.4 Å². The molecule has 12 heteroatoms. The molecule has 0 saturated carbocycles. The number of carboxylic acid groups (broad SMARTS) is 1. The fourth-order valence-corrected chi connectivity index (χ4v) is 8.12. The maximum absolute atomic E-state index is 12.3. The molecule has 2 aliphatic rings. The van der Waals surface area contributed by atoms with Crippen molar-refractivity contribution in [2.75, 3.05) is 11.9 Å². The number of aliphatic hydroxyl groups excluding tert-OH is 1. The number of hydrogen-bond donors (Lipinski definition) is 8. The summed E-state index contributed by atoms with van der Waals surface area (Å²) in [5.74, 6) is 0.221. The predicted octanol–water partition coefficient (Wildman–Crippen LogP) is 4.30. The van der Waals surface area contributed by atoms with Crippen LogP contribution in [0.15, 0.2) is 65.3 Å². The van der Waals surface area contributed by atoms with Gasteiger partial charge >= 0.3 is 5.97 Å². The number of carboxylic acids is 1. The molecule has 3 aromatic rings. The van der Waals surface area contributed by atoms with Crippen LogP contribution in [0.2, 0.25) is 0 Å². The molecule has 0 bridgehead atoms. The molecule has 0 radical (unpaired) electrons. The van der Waals surface area contributed by atoms with E-state index in [1.807, 2.05) is 24.4 Å². The Labute approximate surface area is 305 Å². The van der Waals surface area contributed by atoms with E-state index in [0.29, 0.717) is 51.0 Å². The molecule has 0 fully saturated rings. The van der Waals surface area contributed by atoms with Gasteiger partial charge in [0.15, 0.2) is 12.2 Å². The molecule has 0 amide bonds. The van der Waals surface area contributed by atoms with Crippen LogP contribution in [0.5, 0.6) is 0 Å². The zero-order valence-electron chi connectivity index (χ0n) is 29.8. The lowest BCUT2D eigenvalue weighted by atomic mass is 9.69. The monoisotopic (exact) mass is 714 g/mol. The average molecular weight is 715 g/mol. The van der Waals surface area contributed by atoms with E-state index in [0.717, 1.165) is 72.4 Å². The minimum Gasteiger partial charge on any atom is -0.478 e. The molecule has 1 aromatic heterocycles. The number of hydrogen-bond acceptors (Lipinski definition) is 10. The highest BCUT2D eigenvalue weighted by Gasteiger charge is 2.35. The molecule has 2 heterocycles. The average Bonchev–Trinajstić information content (AvgIpc) is 3.63. The van der Waals surface area contributed by atoms with E-state index in [9.17, 15) is 29.7 Å². The second kappa shape index (κ2) is 18.8. The summed E-state index contributed by atoms with van der Waals surface area (Å²) in [7, 11) is 0. The number of H-pyrrole nitrogens is 1. The maximum Gasteiger partial charge on any atom is 0.328 e. The van der Waals surface area contributed by atoms with Crippen LogP contribution in [0.1, 0.15) is 86.8 Å². The quantitative estimate of drug-likeness (QED) is 0.0472. The Bertz CT molecular complexity index is 1710. The van der Waals surface area contributed by atoms with Crippen LogP contribution in [0.4, 0.5) is 5.82 Å². The molecule has 10 N–H and O–H groups in total. The van der Waals surface area contributed by atoms with Crippen LogP contribution in [-0.2, 0) is 27.2 Å². The van der Waals surface area contributed by atoms with Gasteiger partial charge < -0.3 is 52.0 Å². The normalized spacial score (nSPS) is 20.7. The summed E-state index contributed by atoms with van der Waals surface area (Å²) in [5, 5.41) is 37.6. The Morgan fingerprint density at radius 3 is 2.58 bits per heavy atom. The van der Waals surface area contributed by atoms with Gasteiger partial charge in [-0.05, 0) is 121 Å². The number of aliphatic hydroxyl groups is 2. The highest BCUT2D eigenvalue weighted by Crippen LogP contribution is 2.44. The Hall–Kier alpha value is -4.52. The van der Waals surface area contributed by atoms with Gasteiger partial charge in [-0.3, -0.25) is 4.99 Å². The van der Waals surface area contributed by atoms with Crippen molar-refractivity contribution in [1.82, 2.24) is 10.3 Å². The smallest absolute Gasteiger partial charge is 0.328 e. The van der Waals surface area contributed by atoms with Gasteiger partial charge in [-0.1, -0.05) is 36.8 Å². The van der Waals surface area contributed by atoms with Crippen LogP contribution < -0.4 is 22.1 Å². The van der Waals surface area contributed by atoms with Crippen LogP contribution in [-0.4, -0.2) is 75.8 Å². The Morgan fingerprint density at radius 1 is 1.04 bits per heavy atom. The number of nitrogens with two attached hydrogens (primary N) is 2. The molecule has 52 heavy (non-hydrogen) atoms. The minimum absolute atomic E-state index is 0.0950. The molecule has 280 valence electrons. The molecule has 12 nitrogen and oxygen atoms in total. The van der Waals surface area contributed by atoms with Gasteiger partial charge in [-0.25, -0.2) is 4.79 Å². The Balaban J connectivity index is 1.42. The molecule has 5 rings (SSSR count). The summed E-state index contributed by atoms with van der Waals surface area (Å²) in [6, 6.07) is 13.9. The number of rotatable bonds is 20. The van der Waals surface area contributed by atoms with Crippen LogP contribution in [0.25, 0.3) is 10.8 Å². The number of aryl methyl sites for hydroxylation is 1. The lowest BCUT2D eigenvalue weighted by Gasteiger charge is -2.39. The first-order chi connectivity index (χ1) is 25.1. The van der Waals surface area contributed by atoms with Crippen molar-refractivity contribution in [3.8, 4) is 0 Å². The summed E-state index contributed by atoms with van der Waals surface area (Å²) in [4.78, 5) is 42.7. The number of aliphatic carboxylic acids is 1. The summed E-state index contributed by atoms with van der Waals surface area (Å²) in [5.41, 5.74) is 17.0. The van der Waals surface area contributed by atoms with E-state index in [-0.39, 0.29) is 42.3 Å². The number of fused-ring (bicyclic) bond motifs is 2. The predicted molar refractivity (Wildman–Crippen MR) is 203 cm³/mol. The van der Waals surface area contributed by atoms with E-state index in [1.54, 1.807) is 0 Å². The molecule has 6 atom stereocenters. The lowest BCUT2D eigenvalue weighted by molar-refractivity contribution is -0.131. The van der Waals surface area contributed by atoms with Crippen LogP contribution >= 0.6 is 0 Å². The van der Waals surface area contributed by atoms with Crippen LogP contribution in [0, 0.1) is 11.8 Å². The molecular weight excluding hydrogens is 660 g/mol. The van der Waals surface area contributed by atoms with Gasteiger partial charge in [0.25, 0.3) is 0 Å². The van der Waals surface area contributed by atoms with Gasteiger partial charge in [0.2, 0.25) is 0 Å². The molecular formula is C40H54N6O6. The number of benzene rings is 2. The standard InChI is InChI=1S/C40H54N6O6/c41-31(12-7-26(24-48)8-13-38(49)50)3-1-4-32-29(11-10-28-20-27-9-6-25(15-18-47)19-30(27)21-33(28)32)22-36(45-37-5-2-16-43-37)34(23-39(51)52)35-14-17-44-40(42)46-35/h2,5-6,9,16,18-21,23-24,26,29,31-32,35-36,38,43,45,49-50H,1,3-4,7-8,10-15,17,22,41H2,(H,51,52)(H3,42,44,46)/b34-23+/t26-,29+,31+,32+,35+,36+/m0/s1. The number of aliphatic imine (C=N–C) groups is 1. The van der Waals surface area contributed by atoms with Crippen molar-refractivity contribution in [2.24, 2.45) is 28.3 Å². The lowest BCUT2D eigenvalue weighted by Crippen LogP contribution is -2.48. The number of nitrogens with one attached hydrogen (secondary N) is 3. The zero-order valence-corrected chi connectivity index (χ0v) is 29.8. The van der Waals surface area contributed by atoms with Crippen molar-refractivity contribution in [3.63, 3.8) is 0 Å². The van der Waals surface area contributed by atoms with Crippen LogP contribution in [0.3, 0.4) is 0 Å². The van der Waals surface area contributed by atoms with Crippen molar-refractivity contribution in [1.29, 1.82) is 0 Å². The minimum atomic E-state index is -1.42. The van der Waals surface area contributed by atoms with Crippen molar-refractivity contribution >= 4 is 41.1 Å². The number of carbonyl (C=O) groups excluding carboxylic acids is 2. The number of guanidine groups is 1. The first kappa shape index (κ1) is 38.7. The number of anilines is 1. The maximum atomic E-state index is 12.3. The number of aldehydes is 2. The third-order valence-corrected chi connectivity index (χ3v) is 10.8. The Kier molecular flexibility index (Phi) is 14.0. The first-order valence-electron chi connectivity index (χ1n) is 18.6. The van der Waals surface area contributed by atoms with Gasteiger partial charge in [-0.2, -0.15) is 0 Å². The summed E-state index contributed by atoms with van der Waals surface area (Å²) in [6.07, 6.45) is 11.4. The number of nitrogens with zero attached hydrogens (tertiary/aromatic N) is 1. The third kappa shape index (κ3) is 10.8. The summed E-state index contributed by atoms with van der Waals surface area (Å²) in [6.45, 7) is 0.505. The molecule has 0 spiro atoms. The van der Waals surface area contributed by atoms with Gasteiger partial charge in [0, 0.05) is 37.2 Å². The SMILES string of the molecule is NC1=NCC[C@H](/C(=C\C(=O)O)[C@@H](C[C@H]2CCc3cc4ccc(CC=O)cc4cc3[C@@H]2CCC[C@@H](N)CC[C@H](C=O)CCC(O)O)Nc2ccc[nH]2)N1. The second-order valence-electron chi connectivity index (χ2n) is 14.5. The highest BCUT2D eigenvalue weighted by atomic mass is 16.5. The summed E-state index contributed by atoms with van der Waals surface area (Å²) < 4.78 is 0. The van der Waals surface area contributed by atoms with Crippen molar-refractivity contribution in [2.45, 2.75) is 107 Å². The summed E-state index contributed by atoms with van der Waals surface area (Å²) >= 11 is 0. The molecule has 1 aliphatic carbocycles. The van der Waals surface area contributed by atoms with E-state index in [2.05, 4.69) is 44.9 Å². The first-order valence-corrected chi connectivity index (χ1v) is 18.6. The van der Waals surface area contributed by atoms with E-state index >= 15 is 0 Å². The molecule has 2 aromatic carbocycles. The van der Waals surface area contributed by atoms with Gasteiger partial charge in [-0.15, -0.1) is 0 Å². The molecule has 1 aliphatic heterocycles. The van der Waals surface area contributed by atoms with Gasteiger partial charge in [0.05, 0.1) is 12.1 Å². The Morgan fingerprint density at radius 2 is 1.87 bits per heavy atom. The largest absolute Gasteiger partial charge is 0.478 e. The van der Waals surface area contributed by atoms with E-state index in [1.165, 1.54) is 17.2 Å². The van der Waals surface area contributed by atoms with Crippen molar-refractivity contribution in [3.05, 3.63) is 77.0 Å². The third-order valence-electron chi connectivity index (χ3n) is 10.8. The highest BCUT2D eigenvalue weighted by molar-refractivity contribution is 5.86. The molecule has 0 unspecified atom stereocenters. The van der Waals surface area contributed by atoms with E-state index < -0.39 is 12.3 Å².